The van der Waals surface area contributed by atoms with Crippen LogP contribution >= 0.6 is 23.1 Å². The van der Waals surface area contributed by atoms with E-state index in [-0.39, 0.29) is 107 Å². The number of ether oxygens (including phenoxy) is 6. The molecule has 0 radical (unpaired) electrons. The minimum atomic E-state index is -4.79. The van der Waals surface area contributed by atoms with Crippen molar-refractivity contribution in [3.05, 3.63) is 99.0 Å². The van der Waals surface area contributed by atoms with Crippen LogP contribution < -0.4 is 20.1 Å². The van der Waals surface area contributed by atoms with Crippen molar-refractivity contribution in [1.82, 2.24) is 25.4 Å². The van der Waals surface area contributed by atoms with E-state index in [4.69, 9.17) is 33.7 Å². The molecule has 1 aromatic heterocycles. The van der Waals surface area contributed by atoms with Crippen molar-refractivity contribution < 1.29 is 70.7 Å². The highest BCUT2D eigenvalue weighted by atomic mass is 32.2. The molecule has 3 atom stereocenters. The van der Waals surface area contributed by atoms with Crippen LogP contribution in [0.4, 0.5) is 18.0 Å². The molecule has 3 aromatic carbocycles. The number of nitriles is 1. The number of rotatable bonds is 25. The van der Waals surface area contributed by atoms with E-state index in [0.29, 0.717) is 11.6 Å². The second-order valence-corrected chi connectivity index (χ2v) is 20.2. The lowest BCUT2D eigenvalue weighted by atomic mass is 9.85. The molecule has 2 aliphatic rings. The molecule has 0 saturated carbocycles. The van der Waals surface area contributed by atoms with Gasteiger partial charge in [-0.3, -0.25) is 28.9 Å². The molecule has 18 nitrogen and oxygen atoms in total. The third-order valence-electron chi connectivity index (χ3n) is 11.8. The van der Waals surface area contributed by atoms with Gasteiger partial charge in [-0.15, -0.1) is 11.3 Å². The normalized spacial score (nSPS) is 16.8. The zero-order valence-corrected chi connectivity index (χ0v) is 43.7. The minimum Gasteiger partial charge on any atom is -0.493 e. The molecule has 2 aliphatic heterocycles. The number of benzene rings is 3. The van der Waals surface area contributed by atoms with Crippen molar-refractivity contribution in [3.8, 4) is 33.8 Å². The number of aliphatic hydroxyl groups excluding tert-OH is 1. The first kappa shape index (κ1) is 57.9. The summed E-state index contributed by atoms with van der Waals surface area (Å²) in [4.78, 5) is 74.0. The van der Waals surface area contributed by atoms with Crippen LogP contribution in [0, 0.1) is 23.7 Å². The lowest BCUT2D eigenvalue weighted by Crippen LogP contribution is -2.57. The molecule has 0 spiro atoms. The highest BCUT2D eigenvalue weighted by Crippen LogP contribution is 2.42. The first-order valence-corrected chi connectivity index (χ1v) is 25.6. The molecule has 4 aromatic rings. The molecular formula is C52H59F3N6O12S2. The number of aryl methyl sites for hydroxylation is 1. The molecule has 2 fully saturated rings. The molecule has 75 heavy (non-hydrogen) atoms. The summed E-state index contributed by atoms with van der Waals surface area (Å²) >= 11 is 2.28. The van der Waals surface area contributed by atoms with Crippen LogP contribution in [0.2, 0.25) is 0 Å². The quantitative estimate of drug-likeness (QED) is 0.0444. The van der Waals surface area contributed by atoms with Crippen LogP contribution in [0.3, 0.4) is 0 Å². The number of nitrogens with one attached hydrogen (secondary N) is 2. The number of alkyl halides is 3. The van der Waals surface area contributed by atoms with Crippen molar-refractivity contribution in [2.24, 2.45) is 5.41 Å². The van der Waals surface area contributed by atoms with Gasteiger partial charge in [-0.2, -0.15) is 18.4 Å². The van der Waals surface area contributed by atoms with Crippen molar-refractivity contribution in [2.45, 2.75) is 71.4 Å². The number of hydrogen-bond acceptors (Lipinski definition) is 16. The Morgan fingerprint density at radius 1 is 0.907 bits per heavy atom. The number of nitrogens with zero attached hydrogens (tertiary/aromatic N) is 4. The lowest BCUT2D eigenvalue weighted by Gasteiger charge is -2.35. The van der Waals surface area contributed by atoms with Gasteiger partial charge in [0.05, 0.1) is 111 Å². The van der Waals surface area contributed by atoms with Crippen molar-refractivity contribution in [2.75, 3.05) is 73.1 Å². The number of thiazole rings is 1. The van der Waals surface area contributed by atoms with E-state index < -0.39 is 70.0 Å². The number of β-amino-alcohol motifs (C(OH)–C–C–N with tert-alkyl or cyclic N) is 1. The maximum Gasteiger partial charge on any atom is 0.420 e. The predicted molar refractivity (Wildman–Crippen MR) is 271 cm³/mol. The van der Waals surface area contributed by atoms with Gasteiger partial charge in [0.1, 0.15) is 17.8 Å². The molecule has 0 aliphatic carbocycles. The number of carbonyl (C=O) groups excluding carboxylic acids is 5. The van der Waals surface area contributed by atoms with Crippen molar-refractivity contribution >= 4 is 58.0 Å². The third-order valence-corrected chi connectivity index (χ3v) is 13.6. The van der Waals surface area contributed by atoms with Gasteiger partial charge >= 0.3 is 6.18 Å². The molecule has 5 amide bonds. The number of carbonyl (C=O) groups is 5. The van der Waals surface area contributed by atoms with Crippen LogP contribution in [0.25, 0.3) is 16.5 Å². The highest BCUT2D eigenvalue weighted by Gasteiger charge is 2.44. The Morgan fingerprint density at radius 2 is 1.56 bits per heavy atom. The number of hydrogen-bond donors (Lipinski definition) is 3. The molecule has 23 heteroatoms. The lowest BCUT2D eigenvalue weighted by molar-refractivity contribution is -0.144. The number of aromatic nitrogens is 1. The Hall–Kier alpha value is -6.39. The van der Waals surface area contributed by atoms with E-state index in [1.54, 1.807) is 22.9 Å². The fraction of sp³-hybridized carbons (Fsp3) is 0.442. The summed E-state index contributed by atoms with van der Waals surface area (Å²) < 4.78 is 74.1. The van der Waals surface area contributed by atoms with E-state index in [0.717, 1.165) is 44.4 Å². The number of aliphatic hydroxyl groups is 1. The summed E-state index contributed by atoms with van der Waals surface area (Å²) in [5, 5.41) is 24.8. The topological polar surface area (TPSA) is 228 Å². The SMILES string of the molecule is COc1cc(/C=C2\SC(=O)N(CCOCCOCCOCCOCCC(=O)N[C@H](C(=O)N3C[C@H](O)C[C@H]3C(=O)NCc3ccc(-c4scnc4C)cc3)C(C)(C)C)C2=O)ccc1Oc1ccc(C#N)cc1C(F)(F)F. The molecule has 3 heterocycles. The molecular weight excluding hydrogens is 1020 g/mol. The minimum absolute atomic E-state index is 0.0127. The van der Waals surface area contributed by atoms with E-state index >= 15 is 0 Å². The predicted octanol–water partition coefficient (Wildman–Crippen LogP) is 7.11. The smallest absolute Gasteiger partial charge is 0.420 e. The largest absolute Gasteiger partial charge is 0.493 e. The average molecular weight is 1080 g/mol. The third kappa shape index (κ3) is 16.3. The summed E-state index contributed by atoms with van der Waals surface area (Å²) in [6.45, 7) is 9.03. The van der Waals surface area contributed by atoms with Gasteiger partial charge < -0.3 is 49.1 Å². The van der Waals surface area contributed by atoms with Crippen LogP contribution in [0.1, 0.15) is 61.6 Å². The Balaban J connectivity index is 0.821. The van der Waals surface area contributed by atoms with Gasteiger partial charge in [-0.05, 0) is 77.2 Å². The van der Waals surface area contributed by atoms with E-state index in [2.05, 4.69) is 15.6 Å². The zero-order chi connectivity index (χ0) is 54.3. The number of imide groups is 1. The molecule has 0 bridgehead atoms. The first-order chi connectivity index (χ1) is 35.8. The van der Waals surface area contributed by atoms with Crippen LogP contribution in [-0.2, 0) is 50.8 Å². The Bertz CT molecular complexity index is 2730. The summed E-state index contributed by atoms with van der Waals surface area (Å²) in [6, 6.07) is 14.8. The molecule has 2 saturated heterocycles. The molecule has 6 rings (SSSR count). The number of likely N-dealkylation sites (tertiary alicyclic amines) is 1. The Labute approximate surface area is 440 Å². The summed E-state index contributed by atoms with van der Waals surface area (Å²) in [5.74, 6) is -2.33. The van der Waals surface area contributed by atoms with Crippen molar-refractivity contribution in [1.29, 1.82) is 5.26 Å². The molecule has 0 unspecified atom stereocenters. The number of amides is 5. The van der Waals surface area contributed by atoms with E-state index in [9.17, 15) is 42.3 Å². The maximum absolute atomic E-state index is 13.9. The zero-order valence-electron chi connectivity index (χ0n) is 42.0. The van der Waals surface area contributed by atoms with E-state index in [1.165, 1.54) is 42.4 Å². The van der Waals surface area contributed by atoms with Gasteiger partial charge in [0.15, 0.2) is 11.5 Å². The summed E-state index contributed by atoms with van der Waals surface area (Å²) in [5.41, 5.74) is 3.03. The standard InChI is InChI=1S/C52H59F3N6O12S2/c1-32-45(74-31-58-32)36-10-6-33(7-11-36)29-57-47(64)39-27-37(62)30-61(39)49(66)46(51(2,3)4)59-44(63)14-16-69-18-20-71-22-23-72-21-19-70-17-15-60-48(65)43(75-50(60)67)26-34-8-13-41(42(25-34)68-5)73-40-12-9-35(28-56)24-38(40)52(53,54)55/h6-13,24-26,31,37,39,46,62H,14-23,27,29-30H2,1-5H3,(H,57,64)(H,59,63)/b43-26-/t37-,39+,46-/m1/s1. The first-order valence-electron chi connectivity index (χ1n) is 23.9. The summed E-state index contributed by atoms with van der Waals surface area (Å²) in [7, 11) is 1.29. The maximum atomic E-state index is 13.9. The van der Waals surface area contributed by atoms with Crippen LogP contribution in [0.15, 0.2) is 71.1 Å². The second-order valence-electron chi connectivity index (χ2n) is 18.3. The van der Waals surface area contributed by atoms with Gasteiger partial charge in [-0.25, -0.2) is 4.98 Å². The summed E-state index contributed by atoms with van der Waals surface area (Å²) in [6.07, 6.45) is -4.19. The number of methoxy groups -OCH3 is 1. The van der Waals surface area contributed by atoms with Crippen LogP contribution in [-0.4, -0.2) is 140 Å². The Kier molecular flexibility index (Phi) is 20.8. The monoisotopic (exact) mass is 1080 g/mol. The van der Waals surface area contributed by atoms with Crippen molar-refractivity contribution in [3.63, 3.8) is 0 Å². The van der Waals surface area contributed by atoms with Gasteiger partial charge in [0.25, 0.3) is 11.1 Å². The fourth-order valence-corrected chi connectivity index (χ4v) is 9.50. The average Bonchev–Trinajstić information content (AvgIpc) is 4.07. The highest BCUT2D eigenvalue weighted by molar-refractivity contribution is 8.18. The van der Waals surface area contributed by atoms with Gasteiger partial charge in [0.2, 0.25) is 17.7 Å². The molecule has 3 N–H and O–H groups in total. The second kappa shape index (κ2) is 26.9. The number of thioether (sulfide) groups is 1. The molecule has 402 valence electrons. The Morgan fingerprint density at radius 3 is 2.17 bits per heavy atom. The number of halogens is 3. The van der Waals surface area contributed by atoms with Crippen LogP contribution in [0.5, 0.6) is 17.2 Å². The van der Waals surface area contributed by atoms with Gasteiger partial charge in [-0.1, -0.05) is 51.1 Å². The fourth-order valence-electron chi connectivity index (χ4n) is 7.83. The van der Waals surface area contributed by atoms with E-state index in [1.807, 2.05) is 52.0 Å². The van der Waals surface area contributed by atoms with Gasteiger partial charge in [0, 0.05) is 25.9 Å².